The first-order chi connectivity index (χ1) is 13.9. The Balaban J connectivity index is 1.90. The maximum Gasteiger partial charge on any atom is 0.342 e. The molecular weight excluding hydrogens is 376 g/mol. The molecule has 0 aliphatic rings. The highest BCUT2D eigenvalue weighted by molar-refractivity contribution is 5.96. The molecule has 0 saturated carbocycles. The van der Waals surface area contributed by atoms with Gasteiger partial charge in [-0.1, -0.05) is 12.1 Å². The molecule has 0 saturated heterocycles. The number of ether oxygens (including phenoxy) is 3. The van der Waals surface area contributed by atoms with Crippen molar-refractivity contribution in [3.05, 3.63) is 54.1 Å². The van der Waals surface area contributed by atoms with Gasteiger partial charge in [-0.3, -0.25) is 9.59 Å². The van der Waals surface area contributed by atoms with Crippen molar-refractivity contribution in [1.82, 2.24) is 4.90 Å². The summed E-state index contributed by atoms with van der Waals surface area (Å²) < 4.78 is 15.8. The normalized spacial score (nSPS) is 10.0. The maximum absolute atomic E-state index is 12.3. The van der Waals surface area contributed by atoms with E-state index in [9.17, 15) is 14.4 Å². The van der Waals surface area contributed by atoms with Gasteiger partial charge < -0.3 is 24.4 Å². The molecule has 2 aromatic rings. The van der Waals surface area contributed by atoms with E-state index in [4.69, 9.17) is 14.2 Å². The quantitative estimate of drug-likeness (QED) is 0.650. The number of likely N-dealkylation sites (N-methyl/N-ethyl adjacent to an activating group) is 1. The molecule has 8 nitrogen and oxygen atoms in total. The summed E-state index contributed by atoms with van der Waals surface area (Å²) in [5.41, 5.74) is 0.688. The highest BCUT2D eigenvalue weighted by Gasteiger charge is 2.16. The number of hydrogen-bond acceptors (Lipinski definition) is 6. The van der Waals surface area contributed by atoms with Crippen LogP contribution in [0.3, 0.4) is 0 Å². The second-order valence-electron chi connectivity index (χ2n) is 6.15. The number of esters is 1. The van der Waals surface area contributed by atoms with Crippen LogP contribution in [0.1, 0.15) is 17.3 Å². The molecule has 0 bridgehead atoms. The molecule has 2 amide bonds. The van der Waals surface area contributed by atoms with Gasteiger partial charge in [-0.15, -0.1) is 0 Å². The number of nitrogens with one attached hydrogen (secondary N) is 1. The average molecular weight is 400 g/mol. The third kappa shape index (κ3) is 6.84. The van der Waals surface area contributed by atoms with Crippen molar-refractivity contribution in [1.29, 1.82) is 0 Å². The van der Waals surface area contributed by atoms with Gasteiger partial charge in [0.05, 0.1) is 6.61 Å². The lowest BCUT2D eigenvalue weighted by Crippen LogP contribution is -2.28. The van der Waals surface area contributed by atoms with Crippen LogP contribution in [0.15, 0.2) is 48.5 Å². The third-order valence-corrected chi connectivity index (χ3v) is 3.74. The minimum atomic E-state index is -0.722. The Bertz CT molecular complexity index is 849. The van der Waals surface area contributed by atoms with E-state index in [1.54, 1.807) is 56.6 Å². The van der Waals surface area contributed by atoms with Crippen molar-refractivity contribution in [2.24, 2.45) is 0 Å². The first-order valence-electron chi connectivity index (χ1n) is 9.02. The van der Waals surface area contributed by atoms with E-state index < -0.39 is 18.5 Å². The van der Waals surface area contributed by atoms with Crippen molar-refractivity contribution < 1.29 is 28.6 Å². The standard InChI is InChI=1S/C21H24N2O6/c1-4-27-16-11-9-15(10-12-16)22-19(24)13-29-21(26)17-7-5-6-8-18(17)28-14-20(25)23(2)3/h5-12H,4,13-14H2,1-3H3,(H,22,24). The summed E-state index contributed by atoms with van der Waals surface area (Å²) in [6, 6.07) is 13.2. The molecule has 8 heteroatoms. The van der Waals surface area contributed by atoms with Crippen molar-refractivity contribution in [3.63, 3.8) is 0 Å². The summed E-state index contributed by atoms with van der Waals surface area (Å²) in [6.45, 7) is 1.76. The molecule has 2 aromatic carbocycles. The second-order valence-corrected chi connectivity index (χ2v) is 6.15. The molecule has 0 radical (unpaired) electrons. The zero-order valence-electron chi connectivity index (χ0n) is 16.6. The number of carbonyl (C=O) groups is 3. The van der Waals surface area contributed by atoms with Crippen molar-refractivity contribution >= 4 is 23.5 Å². The number of carbonyl (C=O) groups excluding carboxylic acids is 3. The van der Waals surface area contributed by atoms with Crippen LogP contribution in [-0.4, -0.2) is 56.6 Å². The van der Waals surface area contributed by atoms with Gasteiger partial charge in [-0.2, -0.15) is 0 Å². The topological polar surface area (TPSA) is 94.2 Å². The third-order valence-electron chi connectivity index (χ3n) is 3.74. The molecule has 29 heavy (non-hydrogen) atoms. The van der Waals surface area contributed by atoms with E-state index in [2.05, 4.69) is 5.32 Å². The Morgan fingerprint density at radius 3 is 2.28 bits per heavy atom. The number of hydrogen-bond donors (Lipinski definition) is 1. The molecular formula is C21H24N2O6. The lowest BCUT2D eigenvalue weighted by molar-refractivity contribution is -0.130. The van der Waals surface area contributed by atoms with Crippen molar-refractivity contribution in [2.45, 2.75) is 6.92 Å². The zero-order valence-corrected chi connectivity index (χ0v) is 16.6. The molecule has 0 aliphatic carbocycles. The monoisotopic (exact) mass is 400 g/mol. The molecule has 154 valence electrons. The number of para-hydroxylation sites is 1. The fourth-order valence-corrected chi connectivity index (χ4v) is 2.24. The lowest BCUT2D eigenvalue weighted by atomic mass is 10.2. The number of anilines is 1. The molecule has 0 unspecified atom stereocenters. The number of amides is 2. The fourth-order valence-electron chi connectivity index (χ4n) is 2.24. The Hall–Kier alpha value is -3.55. The Labute approximate surface area is 169 Å². The van der Waals surface area contributed by atoms with E-state index in [1.807, 2.05) is 6.92 Å². The molecule has 0 atom stereocenters. The van der Waals surface area contributed by atoms with E-state index >= 15 is 0 Å². The number of rotatable bonds is 9. The first kappa shape index (κ1) is 21.7. The predicted octanol–water partition coefficient (Wildman–Crippen LogP) is 2.35. The first-order valence-corrected chi connectivity index (χ1v) is 9.02. The molecule has 0 fully saturated rings. The lowest BCUT2D eigenvalue weighted by Gasteiger charge is -2.13. The summed E-state index contributed by atoms with van der Waals surface area (Å²) >= 11 is 0. The highest BCUT2D eigenvalue weighted by atomic mass is 16.5. The maximum atomic E-state index is 12.3. The van der Waals surface area contributed by atoms with Crippen LogP contribution in [0.2, 0.25) is 0 Å². The van der Waals surface area contributed by atoms with Gasteiger partial charge >= 0.3 is 5.97 Å². The van der Waals surface area contributed by atoms with Crippen LogP contribution < -0.4 is 14.8 Å². The summed E-state index contributed by atoms with van der Waals surface area (Å²) in [6.07, 6.45) is 0. The van der Waals surface area contributed by atoms with Crippen molar-refractivity contribution in [2.75, 3.05) is 39.2 Å². The highest BCUT2D eigenvalue weighted by Crippen LogP contribution is 2.19. The van der Waals surface area contributed by atoms with E-state index in [0.29, 0.717) is 18.0 Å². The molecule has 0 aliphatic heterocycles. The molecule has 0 heterocycles. The summed E-state index contributed by atoms with van der Waals surface area (Å²) in [5.74, 6) is -0.549. The minimum Gasteiger partial charge on any atom is -0.494 e. The Morgan fingerprint density at radius 2 is 1.62 bits per heavy atom. The Kier molecular flexibility index (Phi) is 8.02. The fraction of sp³-hybridized carbons (Fsp3) is 0.286. The molecule has 1 N–H and O–H groups in total. The smallest absolute Gasteiger partial charge is 0.342 e. The zero-order chi connectivity index (χ0) is 21.2. The van der Waals surface area contributed by atoms with Crippen LogP contribution in [-0.2, 0) is 14.3 Å². The number of nitrogens with zero attached hydrogens (tertiary/aromatic N) is 1. The van der Waals surface area contributed by atoms with Gasteiger partial charge in [0.25, 0.3) is 11.8 Å². The minimum absolute atomic E-state index is 0.132. The largest absolute Gasteiger partial charge is 0.494 e. The molecule has 2 rings (SSSR count). The predicted molar refractivity (Wildman–Crippen MR) is 107 cm³/mol. The SMILES string of the molecule is CCOc1ccc(NC(=O)COC(=O)c2ccccc2OCC(=O)N(C)C)cc1. The van der Waals surface area contributed by atoms with Crippen LogP contribution in [0.4, 0.5) is 5.69 Å². The molecule has 0 aromatic heterocycles. The van der Waals surface area contributed by atoms with E-state index in [1.165, 1.54) is 11.0 Å². The van der Waals surface area contributed by atoms with Gasteiger partial charge in [-0.05, 0) is 43.3 Å². The van der Waals surface area contributed by atoms with Crippen molar-refractivity contribution in [3.8, 4) is 11.5 Å². The van der Waals surface area contributed by atoms with Gasteiger partial charge in [0, 0.05) is 19.8 Å². The van der Waals surface area contributed by atoms with Crippen LogP contribution >= 0.6 is 0 Å². The van der Waals surface area contributed by atoms with Crippen LogP contribution in [0.25, 0.3) is 0 Å². The van der Waals surface area contributed by atoms with E-state index in [-0.39, 0.29) is 23.8 Å². The summed E-state index contributed by atoms with van der Waals surface area (Å²) in [7, 11) is 3.21. The number of benzene rings is 2. The van der Waals surface area contributed by atoms with Gasteiger partial charge in [-0.25, -0.2) is 4.79 Å². The second kappa shape index (κ2) is 10.7. The summed E-state index contributed by atoms with van der Waals surface area (Å²) in [5, 5.41) is 2.63. The van der Waals surface area contributed by atoms with Crippen LogP contribution in [0.5, 0.6) is 11.5 Å². The van der Waals surface area contributed by atoms with Gasteiger partial charge in [0.1, 0.15) is 17.1 Å². The Morgan fingerprint density at radius 1 is 0.931 bits per heavy atom. The average Bonchev–Trinajstić information content (AvgIpc) is 2.72. The van der Waals surface area contributed by atoms with Gasteiger partial charge in [0.15, 0.2) is 13.2 Å². The van der Waals surface area contributed by atoms with Gasteiger partial charge in [0.2, 0.25) is 0 Å². The van der Waals surface area contributed by atoms with Crippen LogP contribution in [0, 0.1) is 0 Å². The molecule has 0 spiro atoms. The van der Waals surface area contributed by atoms with E-state index in [0.717, 1.165) is 0 Å². The summed E-state index contributed by atoms with van der Waals surface area (Å²) in [4.78, 5) is 37.4.